The fourth-order valence-corrected chi connectivity index (χ4v) is 3.81. The SMILES string of the molecule is O=C1CC(C(Cc2ccccc2)NS(=O)(=O)c2ccc(Cl)cc2)=NO1. The molecule has 0 aromatic heterocycles. The van der Waals surface area contributed by atoms with E-state index in [0.29, 0.717) is 17.2 Å². The number of nitrogens with zero attached hydrogens (tertiary/aromatic N) is 1. The zero-order valence-corrected chi connectivity index (χ0v) is 14.6. The Morgan fingerprint density at radius 3 is 2.40 bits per heavy atom. The van der Waals surface area contributed by atoms with E-state index in [0.717, 1.165) is 5.56 Å². The normalized spacial score (nSPS) is 15.6. The van der Waals surface area contributed by atoms with Gasteiger partial charge < -0.3 is 4.84 Å². The summed E-state index contributed by atoms with van der Waals surface area (Å²) in [5, 5.41) is 4.17. The molecular weight excluding hydrogens is 364 g/mol. The van der Waals surface area contributed by atoms with Gasteiger partial charge in [0.15, 0.2) is 0 Å². The molecule has 0 bridgehead atoms. The van der Waals surface area contributed by atoms with Crippen molar-refractivity contribution in [1.29, 1.82) is 0 Å². The molecule has 1 unspecified atom stereocenters. The number of halogens is 1. The van der Waals surface area contributed by atoms with Crippen LogP contribution in [-0.4, -0.2) is 26.1 Å². The minimum absolute atomic E-state index is 0.0410. The zero-order valence-electron chi connectivity index (χ0n) is 13.1. The molecule has 0 amide bonds. The van der Waals surface area contributed by atoms with Crippen molar-refractivity contribution in [3.05, 3.63) is 65.2 Å². The van der Waals surface area contributed by atoms with Gasteiger partial charge in [-0.3, -0.25) is 0 Å². The van der Waals surface area contributed by atoms with Gasteiger partial charge in [-0.1, -0.05) is 47.1 Å². The third-order valence-electron chi connectivity index (χ3n) is 3.70. The summed E-state index contributed by atoms with van der Waals surface area (Å²) in [6, 6.07) is 14.5. The van der Waals surface area contributed by atoms with Crippen LogP contribution in [0.4, 0.5) is 0 Å². The number of oxime groups is 1. The lowest BCUT2D eigenvalue weighted by Crippen LogP contribution is -2.42. The number of sulfonamides is 1. The van der Waals surface area contributed by atoms with Crippen LogP contribution in [0.1, 0.15) is 12.0 Å². The lowest BCUT2D eigenvalue weighted by molar-refractivity contribution is -0.140. The lowest BCUT2D eigenvalue weighted by atomic mass is 10.0. The highest BCUT2D eigenvalue weighted by molar-refractivity contribution is 7.89. The van der Waals surface area contributed by atoms with Gasteiger partial charge >= 0.3 is 5.97 Å². The molecule has 0 saturated heterocycles. The van der Waals surface area contributed by atoms with Crippen molar-refractivity contribution in [3.63, 3.8) is 0 Å². The molecular formula is C17H15ClN2O4S. The minimum atomic E-state index is -3.81. The smallest absolute Gasteiger partial charge is 0.318 e. The highest BCUT2D eigenvalue weighted by atomic mass is 35.5. The van der Waals surface area contributed by atoms with E-state index in [9.17, 15) is 13.2 Å². The Labute approximate surface area is 150 Å². The summed E-state index contributed by atoms with van der Waals surface area (Å²) in [5.41, 5.74) is 1.26. The van der Waals surface area contributed by atoms with E-state index >= 15 is 0 Å². The molecule has 2 aromatic carbocycles. The molecule has 2 aromatic rings. The molecule has 1 aliphatic rings. The van der Waals surface area contributed by atoms with Gasteiger partial charge in [0.25, 0.3) is 0 Å². The number of carbonyl (C=O) groups is 1. The highest BCUT2D eigenvalue weighted by Gasteiger charge is 2.30. The summed E-state index contributed by atoms with van der Waals surface area (Å²) in [5.74, 6) is -0.501. The van der Waals surface area contributed by atoms with Gasteiger partial charge in [0.05, 0.1) is 23.1 Å². The van der Waals surface area contributed by atoms with E-state index in [4.69, 9.17) is 11.6 Å². The van der Waals surface area contributed by atoms with Crippen LogP contribution in [0.25, 0.3) is 0 Å². The Morgan fingerprint density at radius 1 is 1.12 bits per heavy atom. The van der Waals surface area contributed by atoms with Gasteiger partial charge in [-0.25, -0.2) is 17.9 Å². The predicted molar refractivity (Wildman–Crippen MR) is 93.9 cm³/mol. The van der Waals surface area contributed by atoms with Gasteiger partial charge in [-0.15, -0.1) is 0 Å². The summed E-state index contributed by atoms with van der Waals surface area (Å²) < 4.78 is 27.9. The van der Waals surface area contributed by atoms with Gasteiger partial charge in [0.2, 0.25) is 10.0 Å². The van der Waals surface area contributed by atoms with Crippen molar-refractivity contribution in [2.45, 2.75) is 23.8 Å². The topological polar surface area (TPSA) is 84.8 Å². The number of nitrogens with one attached hydrogen (secondary N) is 1. The molecule has 25 heavy (non-hydrogen) atoms. The fourth-order valence-electron chi connectivity index (χ4n) is 2.46. The van der Waals surface area contributed by atoms with Crippen molar-refractivity contribution in [1.82, 2.24) is 4.72 Å². The first-order valence-corrected chi connectivity index (χ1v) is 9.38. The number of hydrogen-bond donors (Lipinski definition) is 1. The molecule has 0 saturated carbocycles. The first-order chi connectivity index (χ1) is 11.9. The van der Waals surface area contributed by atoms with Crippen LogP contribution in [0.3, 0.4) is 0 Å². The molecule has 1 N–H and O–H groups in total. The molecule has 1 heterocycles. The molecule has 0 spiro atoms. The van der Waals surface area contributed by atoms with Crippen LogP contribution in [0.5, 0.6) is 0 Å². The molecule has 3 rings (SSSR count). The maximum Gasteiger partial charge on any atom is 0.340 e. The van der Waals surface area contributed by atoms with E-state index < -0.39 is 22.0 Å². The third kappa shape index (κ3) is 4.45. The molecule has 8 heteroatoms. The van der Waals surface area contributed by atoms with E-state index in [-0.39, 0.29) is 11.3 Å². The van der Waals surface area contributed by atoms with E-state index in [1.54, 1.807) is 0 Å². The average molecular weight is 379 g/mol. The quantitative estimate of drug-likeness (QED) is 0.783. The Balaban J connectivity index is 1.86. The number of hydrogen-bond acceptors (Lipinski definition) is 5. The minimum Gasteiger partial charge on any atom is -0.318 e. The van der Waals surface area contributed by atoms with Crippen LogP contribution in [-0.2, 0) is 26.1 Å². The Bertz CT molecular complexity index is 896. The largest absolute Gasteiger partial charge is 0.340 e. The predicted octanol–water partition coefficient (Wildman–Crippen LogP) is 2.53. The van der Waals surface area contributed by atoms with E-state index in [1.807, 2.05) is 30.3 Å². The summed E-state index contributed by atoms with van der Waals surface area (Å²) in [6.07, 6.45) is 0.309. The van der Waals surface area contributed by atoms with Crippen LogP contribution >= 0.6 is 11.6 Å². The van der Waals surface area contributed by atoms with Crippen molar-refractivity contribution >= 4 is 33.3 Å². The van der Waals surface area contributed by atoms with E-state index in [2.05, 4.69) is 14.7 Å². The molecule has 130 valence electrons. The zero-order chi connectivity index (χ0) is 17.9. The number of benzene rings is 2. The lowest BCUT2D eigenvalue weighted by Gasteiger charge is -2.18. The van der Waals surface area contributed by atoms with Gasteiger partial charge in [0, 0.05) is 5.02 Å². The van der Waals surface area contributed by atoms with Crippen molar-refractivity contribution in [2.75, 3.05) is 0 Å². The summed E-state index contributed by atoms with van der Waals surface area (Å²) in [6.45, 7) is 0. The van der Waals surface area contributed by atoms with Crippen LogP contribution in [0.15, 0.2) is 64.6 Å². The van der Waals surface area contributed by atoms with Gasteiger partial charge in [-0.05, 0) is 36.2 Å². The van der Waals surface area contributed by atoms with Gasteiger partial charge in [-0.2, -0.15) is 0 Å². The molecule has 1 atom stereocenters. The maximum atomic E-state index is 12.6. The van der Waals surface area contributed by atoms with Crippen molar-refractivity contribution < 1.29 is 18.0 Å². The second-order valence-corrected chi connectivity index (χ2v) is 7.69. The molecule has 0 fully saturated rings. The first kappa shape index (κ1) is 17.6. The highest BCUT2D eigenvalue weighted by Crippen LogP contribution is 2.17. The molecule has 6 nitrogen and oxygen atoms in total. The van der Waals surface area contributed by atoms with E-state index in [1.165, 1.54) is 24.3 Å². The van der Waals surface area contributed by atoms with Crippen LogP contribution in [0, 0.1) is 0 Å². The average Bonchev–Trinajstić information content (AvgIpc) is 3.02. The first-order valence-electron chi connectivity index (χ1n) is 7.52. The second-order valence-electron chi connectivity index (χ2n) is 5.54. The Hall–Kier alpha value is -2.22. The number of carbonyl (C=O) groups excluding carboxylic acids is 1. The standard InChI is InChI=1S/C17H15ClN2O4S/c18-13-6-8-14(9-7-13)25(22,23)20-16(15-11-17(21)24-19-15)10-12-4-2-1-3-5-12/h1-9,16,20H,10-11H2. The van der Waals surface area contributed by atoms with Crippen LogP contribution < -0.4 is 4.72 Å². The molecule has 1 aliphatic heterocycles. The summed E-state index contributed by atoms with van der Waals surface area (Å²) in [4.78, 5) is 16.1. The monoisotopic (exact) mass is 378 g/mol. The molecule has 0 aliphatic carbocycles. The van der Waals surface area contributed by atoms with Crippen molar-refractivity contribution in [2.24, 2.45) is 5.16 Å². The van der Waals surface area contributed by atoms with Crippen LogP contribution in [0.2, 0.25) is 5.02 Å². The van der Waals surface area contributed by atoms with Crippen molar-refractivity contribution in [3.8, 4) is 0 Å². The maximum absolute atomic E-state index is 12.6. The Morgan fingerprint density at radius 2 is 1.80 bits per heavy atom. The second kappa shape index (κ2) is 7.35. The van der Waals surface area contributed by atoms with Gasteiger partial charge in [0.1, 0.15) is 0 Å². The Kier molecular flexibility index (Phi) is 5.17. The fraction of sp³-hybridized carbons (Fsp3) is 0.176. The number of rotatable bonds is 6. The third-order valence-corrected chi connectivity index (χ3v) is 5.44. The summed E-state index contributed by atoms with van der Waals surface area (Å²) >= 11 is 5.81. The summed E-state index contributed by atoms with van der Waals surface area (Å²) in [7, 11) is -3.81. The molecule has 0 radical (unpaired) electrons.